The largest absolute Gasteiger partial charge is 0.338 e. The summed E-state index contributed by atoms with van der Waals surface area (Å²) in [5, 5.41) is 3.10. The Hall–Kier alpha value is -1.52. The van der Waals surface area contributed by atoms with Crippen molar-refractivity contribution in [3.63, 3.8) is 0 Å². The zero-order valence-corrected chi connectivity index (χ0v) is 12.1. The molecule has 3 amide bonds. The Morgan fingerprint density at radius 2 is 2.20 bits per heavy atom. The van der Waals surface area contributed by atoms with Crippen LogP contribution in [0.15, 0.2) is 11.6 Å². The van der Waals surface area contributed by atoms with E-state index in [1.165, 1.54) is 5.57 Å². The minimum absolute atomic E-state index is 0.00140. The molecule has 5 heteroatoms. The lowest BCUT2D eigenvalue weighted by Crippen LogP contribution is -2.51. The van der Waals surface area contributed by atoms with Gasteiger partial charge in [-0.1, -0.05) is 11.6 Å². The molecule has 20 heavy (non-hydrogen) atoms. The molecule has 2 unspecified atom stereocenters. The highest BCUT2D eigenvalue weighted by Crippen LogP contribution is 2.28. The third kappa shape index (κ3) is 2.53. The molecule has 0 spiro atoms. The fourth-order valence-electron chi connectivity index (χ4n) is 3.61. The number of hydrogen-bond acceptors (Lipinski definition) is 2. The van der Waals surface area contributed by atoms with Crippen LogP contribution in [0.4, 0.5) is 4.79 Å². The Balaban J connectivity index is 1.61. The van der Waals surface area contributed by atoms with E-state index in [4.69, 9.17) is 0 Å². The number of nitrogens with one attached hydrogen (secondary N) is 1. The summed E-state index contributed by atoms with van der Waals surface area (Å²) in [7, 11) is 0. The van der Waals surface area contributed by atoms with Gasteiger partial charge < -0.3 is 15.1 Å². The Morgan fingerprint density at radius 1 is 1.35 bits per heavy atom. The molecule has 5 nitrogen and oxygen atoms in total. The van der Waals surface area contributed by atoms with Crippen LogP contribution in [0.3, 0.4) is 0 Å². The van der Waals surface area contributed by atoms with E-state index in [2.05, 4.69) is 18.3 Å². The first-order valence-corrected chi connectivity index (χ1v) is 7.65. The van der Waals surface area contributed by atoms with Crippen LogP contribution in [0.5, 0.6) is 0 Å². The van der Waals surface area contributed by atoms with E-state index in [-0.39, 0.29) is 24.0 Å². The van der Waals surface area contributed by atoms with E-state index in [0.717, 1.165) is 38.8 Å². The van der Waals surface area contributed by atoms with Gasteiger partial charge in [-0.2, -0.15) is 0 Å². The third-order valence-corrected chi connectivity index (χ3v) is 4.66. The molecule has 3 aliphatic heterocycles. The first-order chi connectivity index (χ1) is 9.65. The molecule has 3 rings (SSSR count). The molecule has 0 aliphatic carbocycles. The van der Waals surface area contributed by atoms with Crippen LogP contribution in [-0.4, -0.2) is 53.5 Å². The van der Waals surface area contributed by atoms with Crippen LogP contribution in [0, 0.1) is 0 Å². The summed E-state index contributed by atoms with van der Waals surface area (Å²) in [5.74, 6) is 0.203. The van der Waals surface area contributed by atoms with Crippen LogP contribution in [0.25, 0.3) is 0 Å². The van der Waals surface area contributed by atoms with Crippen molar-refractivity contribution in [1.82, 2.24) is 15.1 Å². The molecule has 2 saturated heterocycles. The van der Waals surface area contributed by atoms with Gasteiger partial charge in [0.2, 0.25) is 5.91 Å². The highest BCUT2D eigenvalue weighted by molar-refractivity contribution is 5.82. The van der Waals surface area contributed by atoms with E-state index in [1.54, 1.807) is 0 Å². The predicted molar refractivity (Wildman–Crippen MR) is 76.2 cm³/mol. The monoisotopic (exact) mass is 277 g/mol. The van der Waals surface area contributed by atoms with Crippen molar-refractivity contribution in [2.45, 2.75) is 51.1 Å². The standard InChI is InChI=1S/C15H23N3O2/c1-11-5-4-7-17(10-11)15(20)16-12-9-14(19)18-8-3-2-6-13(12)18/h5,12-13H,2-4,6-10H2,1H3,(H,16,20). The van der Waals surface area contributed by atoms with Gasteiger partial charge in [0.05, 0.1) is 12.1 Å². The smallest absolute Gasteiger partial charge is 0.318 e. The molecule has 1 N–H and O–H groups in total. The summed E-state index contributed by atoms with van der Waals surface area (Å²) in [6.45, 7) is 4.40. The molecule has 0 aromatic carbocycles. The van der Waals surface area contributed by atoms with Crippen molar-refractivity contribution in [2.24, 2.45) is 0 Å². The van der Waals surface area contributed by atoms with E-state index in [0.29, 0.717) is 13.0 Å². The summed E-state index contributed by atoms with van der Waals surface area (Å²) in [6, 6.07) is 0.214. The molecule has 2 atom stereocenters. The van der Waals surface area contributed by atoms with Gasteiger partial charge >= 0.3 is 6.03 Å². The molecular formula is C15H23N3O2. The maximum Gasteiger partial charge on any atom is 0.318 e. The number of carbonyl (C=O) groups is 2. The summed E-state index contributed by atoms with van der Waals surface area (Å²) in [5.41, 5.74) is 1.24. The topological polar surface area (TPSA) is 52.7 Å². The molecule has 2 fully saturated rings. The van der Waals surface area contributed by atoms with Crippen molar-refractivity contribution in [2.75, 3.05) is 19.6 Å². The SMILES string of the molecule is CC1=CCCN(C(=O)NC2CC(=O)N3CCCCC23)C1. The number of rotatable bonds is 1. The van der Waals surface area contributed by atoms with Crippen molar-refractivity contribution >= 4 is 11.9 Å². The van der Waals surface area contributed by atoms with Crippen LogP contribution in [0.1, 0.15) is 39.0 Å². The van der Waals surface area contributed by atoms with Crippen molar-refractivity contribution in [3.05, 3.63) is 11.6 Å². The van der Waals surface area contributed by atoms with Crippen LogP contribution >= 0.6 is 0 Å². The van der Waals surface area contributed by atoms with Crippen LogP contribution < -0.4 is 5.32 Å². The Bertz CT molecular complexity index is 446. The van der Waals surface area contributed by atoms with Gasteiger partial charge in [0.15, 0.2) is 0 Å². The van der Waals surface area contributed by atoms with Gasteiger partial charge in [-0.25, -0.2) is 4.79 Å². The van der Waals surface area contributed by atoms with E-state index in [1.807, 2.05) is 9.80 Å². The number of piperidine rings is 1. The lowest BCUT2D eigenvalue weighted by Gasteiger charge is -2.34. The quantitative estimate of drug-likeness (QED) is 0.739. The number of carbonyl (C=O) groups excluding carboxylic acids is 2. The van der Waals surface area contributed by atoms with Gasteiger partial charge in [0, 0.05) is 26.1 Å². The molecule has 0 radical (unpaired) electrons. The highest BCUT2D eigenvalue weighted by atomic mass is 16.2. The molecular weight excluding hydrogens is 254 g/mol. The van der Waals surface area contributed by atoms with Crippen LogP contribution in [0.2, 0.25) is 0 Å². The second-order valence-corrected chi connectivity index (χ2v) is 6.17. The molecule has 0 aromatic rings. The van der Waals surface area contributed by atoms with E-state index in [9.17, 15) is 9.59 Å². The first kappa shape index (κ1) is 13.5. The average Bonchev–Trinajstić information content (AvgIpc) is 2.76. The molecule has 0 aromatic heterocycles. The maximum atomic E-state index is 12.3. The first-order valence-electron chi connectivity index (χ1n) is 7.65. The summed E-state index contributed by atoms with van der Waals surface area (Å²) in [6.07, 6.45) is 6.87. The van der Waals surface area contributed by atoms with Crippen molar-refractivity contribution < 1.29 is 9.59 Å². The second-order valence-electron chi connectivity index (χ2n) is 6.17. The zero-order chi connectivity index (χ0) is 14.1. The normalized spacial score (nSPS) is 30.1. The van der Waals surface area contributed by atoms with Crippen molar-refractivity contribution in [1.29, 1.82) is 0 Å². The molecule has 3 heterocycles. The van der Waals surface area contributed by atoms with E-state index >= 15 is 0 Å². The average molecular weight is 277 g/mol. The second kappa shape index (κ2) is 5.46. The Kier molecular flexibility index (Phi) is 3.68. The highest BCUT2D eigenvalue weighted by Gasteiger charge is 2.41. The number of amides is 3. The van der Waals surface area contributed by atoms with Gasteiger partial charge in [-0.05, 0) is 32.6 Å². The Morgan fingerprint density at radius 3 is 3.00 bits per heavy atom. The van der Waals surface area contributed by atoms with Gasteiger partial charge in [-0.3, -0.25) is 4.79 Å². The molecule has 110 valence electrons. The lowest BCUT2D eigenvalue weighted by molar-refractivity contribution is -0.129. The zero-order valence-electron chi connectivity index (χ0n) is 12.1. The van der Waals surface area contributed by atoms with Gasteiger partial charge in [-0.15, -0.1) is 0 Å². The van der Waals surface area contributed by atoms with Gasteiger partial charge in [0.25, 0.3) is 0 Å². The molecule has 0 bridgehead atoms. The number of urea groups is 1. The summed E-state index contributed by atoms with van der Waals surface area (Å²) in [4.78, 5) is 28.1. The predicted octanol–water partition coefficient (Wildman–Crippen LogP) is 1.50. The maximum absolute atomic E-state index is 12.3. The fraction of sp³-hybridized carbons (Fsp3) is 0.733. The number of fused-ring (bicyclic) bond motifs is 1. The minimum atomic E-state index is -0.0114. The van der Waals surface area contributed by atoms with E-state index < -0.39 is 0 Å². The lowest BCUT2D eigenvalue weighted by atomic mass is 9.99. The number of nitrogens with zero attached hydrogens (tertiary/aromatic N) is 2. The minimum Gasteiger partial charge on any atom is -0.338 e. The molecule has 3 aliphatic rings. The fourth-order valence-corrected chi connectivity index (χ4v) is 3.61. The third-order valence-electron chi connectivity index (χ3n) is 4.66. The Labute approximate surface area is 120 Å². The van der Waals surface area contributed by atoms with Gasteiger partial charge in [0.1, 0.15) is 0 Å². The molecule has 0 saturated carbocycles. The van der Waals surface area contributed by atoms with Crippen molar-refractivity contribution in [3.8, 4) is 0 Å². The number of hydrogen-bond donors (Lipinski definition) is 1. The van der Waals surface area contributed by atoms with Crippen LogP contribution in [-0.2, 0) is 4.79 Å². The summed E-state index contributed by atoms with van der Waals surface area (Å²) < 4.78 is 0. The summed E-state index contributed by atoms with van der Waals surface area (Å²) >= 11 is 0.